The molecule has 4 aromatic rings. The first kappa shape index (κ1) is 18.3. The van der Waals surface area contributed by atoms with E-state index in [9.17, 15) is 10.1 Å². The summed E-state index contributed by atoms with van der Waals surface area (Å²) < 4.78 is 0. The highest BCUT2D eigenvalue weighted by atomic mass is 16.6. The van der Waals surface area contributed by atoms with Crippen LogP contribution < -0.4 is 5.73 Å². The van der Waals surface area contributed by atoms with Crippen molar-refractivity contribution < 1.29 is 4.92 Å². The number of rotatable bonds is 4. The van der Waals surface area contributed by atoms with Gasteiger partial charge in [0.25, 0.3) is 5.69 Å². The van der Waals surface area contributed by atoms with E-state index in [1.165, 1.54) is 0 Å². The molecule has 8 nitrogen and oxygen atoms in total. The van der Waals surface area contributed by atoms with Gasteiger partial charge in [0.05, 0.1) is 21.5 Å². The van der Waals surface area contributed by atoms with Crippen LogP contribution in [-0.2, 0) is 19.5 Å². The fraction of sp³-hybridized carbons (Fsp3) is 0.182. The molecule has 8 heteroatoms. The van der Waals surface area contributed by atoms with Gasteiger partial charge in [0, 0.05) is 61.3 Å². The molecule has 0 radical (unpaired) electrons. The van der Waals surface area contributed by atoms with Crippen molar-refractivity contribution in [3.63, 3.8) is 0 Å². The van der Waals surface area contributed by atoms with Gasteiger partial charge in [0.2, 0.25) is 0 Å². The predicted octanol–water partition coefficient (Wildman–Crippen LogP) is 3.67. The van der Waals surface area contributed by atoms with Gasteiger partial charge in [0.15, 0.2) is 5.82 Å². The number of nitrogen functional groups attached to an aromatic ring is 1. The van der Waals surface area contributed by atoms with Crippen LogP contribution in [0.15, 0.2) is 54.9 Å². The molecule has 0 bridgehead atoms. The minimum atomic E-state index is -0.322. The van der Waals surface area contributed by atoms with Crippen LogP contribution in [-0.4, -0.2) is 31.3 Å². The number of hydrogen-bond donors (Lipinski definition) is 2. The third-order valence-electron chi connectivity index (χ3n) is 5.54. The monoisotopic (exact) mass is 400 g/mol. The molecule has 0 spiro atoms. The first-order valence-corrected chi connectivity index (χ1v) is 9.75. The molecule has 0 atom stereocenters. The molecule has 30 heavy (non-hydrogen) atoms. The van der Waals surface area contributed by atoms with Gasteiger partial charge in [-0.15, -0.1) is 0 Å². The second-order valence-electron chi connectivity index (χ2n) is 7.52. The van der Waals surface area contributed by atoms with E-state index >= 15 is 0 Å². The zero-order valence-corrected chi connectivity index (χ0v) is 16.2. The highest BCUT2D eigenvalue weighted by Gasteiger charge is 2.22. The van der Waals surface area contributed by atoms with Crippen molar-refractivity contribution in [1.29, 1.82) is 0 Å². The SMILES string of the molecule is Nc1ccc(-c2ncc3c(n2)CCN(Cc2c[nH]c4cccc([N+](=O)[O-])c24)C3)cc1. The fourth-order valence-electron chi connectivity index (χ4n) is 4.03. The third-order valence-corrected chi connectivity index (χ3v) is 5.54. The molecule has 5 rings (SSSR count). The number of aromatic amines is 1. The Morgan fingerprint density at radius 1 is 1.20 bits per heavy atom. The molecular formula is C22H20N6O2. The van der Waals surface area contributed by atoms with Gasteiger partial charge in [-0.1, -0.05) is 6.07 Å². The van der Waals surface area contributed by atoms with Gasteiger partial charge >= 0.3 is 0 Å². The van der Waals surface area contributed by atoms with Gasteiger partial charge in [-0.25, -0.2) is 9.97 Å². The van der Waals surface area contributed by atoms with Crippen molar-refractivity contribution >= 4 is 22.3 Å². The summed E-state index contributed by atoms with van der Waals surface area (Å²) in [5, 5.41) is 12.1. The number of nitrogens with two attached hydrogens (primary N) is 1. The normalized spacial score (nSPS) is 14.0. The minimum Gasteiger partial charge on any atom is -0.399 e. The molecule has 1 aliphatic heterocycles. The summed E-state index contributed by atoms with van der Waals surface area (Å²) in [5.74, 6) is 0.703. The number of nitro groups is 1. The molecule has 2 aromatic heterocycles. The number of hydrogen-bond acceptors (Lipinski definition) is 6. The van der Waals surface area contributed by atoms with Crippen molar-refractivity contribution in [2.75, 3.05) is 12.3 Å². The lowest BCUT2D eigenvalue weighted by molar-refractivity contribution is -0.383. The van der Waals surface area contributed by atoms with Gasteiger partial charge in [-0.05, 0) is 35.9 Å². The Hall–Kier alpha value is -3.78. The standard InChI is InChI=1S/C22H20N6O2/c23-17-6-4-14(5-7-17)22-25-10-15-12-27(9-8-18(15)26-22)13-16-11-24-19-2-1-3-20(21(16)19)28(29)30/h1-7,10-11,24H,8-9,12-13,23H2. The smallest absolute Gasteiger partial charge is 0.279 e. The van der Waals surface area contributed by atoms with E-state index in [1.54, 1.807) is 12.1 Å². The van der Waals surface area contributed by atoms with Crippen molar-refractivity contribution in [3.8, 4) is 11.4 Å². The molecule has 3 heterocycles. The van der Waals surface area contributed by atoms with Gasteiger partial charge < -0.3 is 10.7 Å². The number of nitro benzene ring substituents is 1. The lowest BCUT2D eigenvalue weighted by Crippen LogP contribution is -2.30. The average molecular weight is 400 g/mol. The van der Waals surface area contributed by atoms with Crippen molar-refractivity contribution in [2.24, 2.45) is 0 Å². The van der Waals surface area contributed by atoms with E-state index < -0.39 is 0 Å². The van der Waals surface area contributed by atoms with Crippen LogP contribution >= 0.6 is 0 Å². The number of anilines is 1. The van der Waals surface area contributed by atoms with Crippen LogP contribution in [0.25, 0.3) is 22.3 Å². The summed E-state index contributed by atoms with van der Waals surface area (Å²) in [7, 11) is 0. The summed E-state index contributed by atoms with van der Waals surface area (Å²) in [6, 6.07) is 12.7. The van der Waals surface area contributed by atoms with Crippen LogP contribution in [0.2, 0.25) is 0 Å². The molecular weight excluding hydrogens is 380 g/mol. The van der Waals surface area contributed by atoms with Crippen molar-refractivity contribution in [2.45, 2.75) is 19.5 Å². The predicted molar refractivity (Wildman–Crippen MR) is 115 cm³/mol. The molecule has 0 saturated heterocycles. The van der Waals surface area contributed by atoms with Gasteiger partial charge in [0.1, 0.15) is 0 Å². The Morgan fingerprint density at radius 3 is 2.83 bits per heavy atom. The number of fused-ring (bicyclic) bond motifs is 2. The van der Waals surface area contributed by atoms with Crippen LogP contribution in [0.1, 0.15) is 16.8 Å². The van der Waals surface area contributed by atoms with Crippen LogP contribution in [0.3, 0.4) is 0 Å². The number of H-pyrrole nitrogens is 1. The van der Waals surface area contributed by atoms with E-state index in [0.29, 0.717) is 30.0 Å². The summed E-state index contributed by atoms with van der Waals surface area (Å²) in [6.45, 7) is 2.17. The molecule has 1 aliphatic rings. The topological polar surface area (TPSA) is 114 Å². The quantitative estimate of drug-likeness (QED) is 0.307. The van der Waals surface area contributed by atoms with E-state index in [-0.39, 0.29) is 10.6 Å². The highest BCUT2D eigenvalue weighted by Crippen LogP contribution is 2.30. The lowest BCUT2D eigenvalue weighted by Gasteiger charge is -2.27. The fourth-order valence-corrected chi connectivity index (χ4v) is 4.03. The van der Waals surface area contributed by atoms with Crippen molar-refractivity contribution in [3.05, 3.63) is 81.8 Å². The van der Waals surface area contributed by atoms with E-state index in [0.717, 1.165) is 40.9 Å². The summed E-state index contributed by atoms with van der Waals surface area (Å²) in [5.41, 5.74) is 11.4. The Balaban J connectivity index is 1.38. The second kappa shape index (κ2) is 7.23. The Labute approximate surface area is 172 Å². The second-order valence-corrected chi connectivity index (χ2v) is 7.52. The first-order valence-electron chi connectivity index (χ1n) is 9.75. The van der Waals surface area contributed by atoms with E-state index in [2.05, 4.69) is 14.9 Å². The molecule has 3 N–H and O–H groups in total. The lowest BCUT2D eigenvalue weighted by atomic mass is 10.0. The number of nitrogens with zero attached hydrogens (tertiary/aromatic N) is 4. The Morgan fingerprint density at radius 2 is 2.03 bits per heavy atom. The number of benzene rings is 2. The molecule has 0 unspecified atom stereocenters. The Kier molecular flexibility index (Phi) is 4.40. The van der Waals surface area contributed by atoms with Gasteiger partial charge in [-0.2, -0.15) is 0 Å². The van der Waals surface area contributed by atoms with E-state index in [4.69, 9.17) is 10.7 Å². The van der Waals surface area contributed by atoms with Gasteiger partial charge in [-0.3, -0.25) is 15.0 Å². The van der Waals surface area contributed by atoms with Crippen molar-refractivity contribution in [1.82, 2.24) is 19.9 Å². The summed E-state index contributed by atoms with van der Waals surface area (Å²) >= 11 is 0. The molecule has 0 aliphatic carbocycles. The number of non-ortho nitro benzene ring substituents is 1. The zero-order chi connectivity index (χ0) is 20.7. The summed E-state index contributed by atoms with van der Waals surface area (Å²) in [4.78, 5) is 25.8. The van der Waals surface area contributed by atoms with E-state index in [1.807, 2.05) is 42.7 Å². The molecule has 0 amide bonds. The largest absolute Gasteiger partial charge is 0.399 e. The Bertz CT molecular complexity index is 1250. The molecule has 0 fully saturated rings. The maximum Gasteiger partial charge on any atom is 0.279 e. The average Bonchev–Trinajstić information content (AvgIpc) is 3.17. The number of nitrogens with one attached hydrogen (secondary N) is 1. The maximum atomic E-state index is 11.4. The highest BCUT2D eigenvalue weighted by molar-refractivity contribution is 5.91. The third kappa shape index (κ3) is 3.27. The maximum absolute atomic E-state index is 11.4. The zero-order valence-electron chi connectivity index (χ0n) is 16.2. The molecule has 0 saturated carbocycles. The van der Waals surface area contributed by atoms with Crippen LogP contribution in [0.4, 0.5) is 11.4 Å². The van der Waals surface area contributed by atoms with Crippen LogP contribution in [0.5, 0.6) is 0 Å². The van der Waals surface area contributed by atoms with Crippen LogP contribution in [0, 0.1) is 10.1 Å². The molecule has 2 aromatic carbocycles. The first-order chi connectivity index (χ1) is 14.6. The minimum absolute atomic E-state index is 0.137. The molecule has 150 valence electrons. The summed E-state index contributed by atoms with van der Waals surface area (Å²) in [6.07, 6.45) is 4.57. The number of aromatic nitrogens is 3.